The highest BCUT2D eigenvalue weighted by molar-refractivity contribution is 6.07. The zero-order valence-electron chi connectivity index (χ0n) is 19.8. The molecule has 9 heteroatoms. The van der Waals surface area contributed by atoms with E-state index in [-0.39, 0.29) is 12.4 Å². The molecule has 0 unspecified atom stereocenters. The van der Waals surface area contributed by atoms with Gasteiger partial charge in [0.15, 0.2) is 11.4 Å². The summed E-state index contributed by atoms with van der Waals surface area (Å²) in [4.78, 5) is 29.4. The first-order chi connectivity index (χ1) is 17.9. The van der Waals surface area contributed by atoms with E-state index < -0.39 is 17.5 Å². The fourth-order valence-corrected chi connectivity index (χ4v) is 4.69. The number of carbonyl (C=O) groups is 2. The summed E-state index contributed by atoms with van der Waals surface area (Å²) in [6, 6.07) is 19.3. The number of hydrogen-bond donors (Lipinski definition) is 3. The van der Waals surface area contributed by atoms with Gasteiger partial charge in [-0.3, -0.25) is 15.1 Å². The van der Waals surface area contributed by atoms with E-state index in [9.17, 15) is 14.7 Å². The van der Waals surface area contributed by atoms with E-state index in [1.165, 1.54) is 0 Å². The highest BCUT2D eigenvalue weighted by Crippen LogP contribution is 2.36. The molecule has 0 saturated carbocycles. The normalized spacial score (nSPS) is 17.1. The monoisotopic (exact) mass is 494 g/mol. The number of rotatable bonds is 6. The van der Waals surface area contributed by atoms with Crippen molar-refractivity contribution in [2.24, 2.45) is 0 Å². The van der Waals surface area contributed by atoms with Crippen molar-refractivity contribution in [1.29, 1.82) is 0 Å². The maximum atomic E-state index is 13.1. The number of aromatic hydroxyl groups is 1. The molecule has 3 amide bonds. The first kappa shape index (κ1) is 22.4. The number of ether oxygens (including phenoxy) is 2. The number of nitrogens with zero attached hydrogens (tertiary/aromatic N) is 2. The first-order valence-corrected chi connectivity index (χ1v) is 11.6. The minimum absolute atomic E-state index is 0.0215. The lowest BCUT2D eigenvalue weighted by Gasteiger charge is -2.27. The van der Waals surface area contributed by atoms with E-state index in [1.807, 2.05) is 30.3 Å². The maximum Gasteiger partial charge on any atom is 0.322 e. The molecule has 9 nitrogen and oxygen atoms in total. The standard InChI is InChI=1S/C28H22N4O5/c1-36-22-6-3-19-15-32(25(33)24(19)13-22)16-28(26(34)30-27(35)31-28)20-4-8-21(9-5-20)37-23-7-2-18-14-29-11-10-17(18)12-23/h2-15,33H,16H2,1H3,(H2,30,31,34,35)/t28-/m0/s1. The predicted molar refractivity (Wildman–Crippen MR) is 137 cm³/mol. The minimum Gasteiger partial charge on any atom is -0.497 e. The summed E-state index contributed by atoms with van der Waals surface area (Å²) in [5, 5.41) is 19.4. The Morgan fingerprint density at radius 3 is 2.43 bits per heavy atom. The molecule has 0 aliphatic carbocycles. The minimum atomic E-state index is -1.43. The Morgan fingerprint density at radius 1 is 0.919 bits per heavy atom. The quantitative estimate of drug-likeness (QED) is 0.301. The number of imide groups is 1. The summed E-state index contributed by atoms with van der Waals surface area (Å²) in [6.07, 6.45) is 5.25. The topological polar surface area (TPSA) is 115 Å². The van der Waals surface area contributed by atoms with Gasteiger partial charge in [0.1, 0.15) is 17.2 Å². The van der Waals surface area contributed by atoms with Crippen molar-refractivity contribution in [1.82, 2.24) is 20.2 Å². The molecule has 0 bridgehead atoms. The number of amides is 3. The second kappa shape index (κ2) is 8.56. The fourth-order valence-electron chi connectivity index (χ4n) is 4.69. The zero-order chi connectivity index (χ0) is 25.6. The number of urea groups is 1. The smallest absolute Gasteiger partial charge is 0.322 e. The number of nitrogens with one attached hydrogen (secondary N) is 2. The molecule has 37 heavy (non-hydrogen) atoms. The van der Waals surface area contributed by atoms with Gasteiger partial charge < -0.3 is 24.5 Å². The van der Waals surface area contributed by atoms with Gasteiger partial charge in [-0.05, 0) is 65.5 Å². The van der Waals surface area contributed by atoms with Crippen LogP contribution in [0, 0.1) is 0 Å². The van der Waals surface area contributed by atoms with Crippen LogP contribution in [0.25, 0.3) is 21.5 Å². The molecule has 6 rings (SSSR count). The lowest BCUT2D eigenvalue weighted by molar-refractivity contribution is -0.124. The Kier molecular flexibility index (Phi) is 5.19. The first-order valence-electron chi connectivity index (χ1n) is 11.6. The number of hydrogen-bond acceptors (Lipinski definition) is 6. The van der Waals surface area contributed by atoms with Gasteiger partial charge in [-0.25, -0.2) is 4.79 Å². The van der Waals surface area contributed by atoms with Gasteiger partial charge in [-0.1, -0.05) is 12.1 Å². The number of fused-ring (bicyclic) bond motifs is 2. The molecule has 3 heterocycles. The van der Waals surface area contributed by atoms with E-state index in [1.54, 1.807) is 66.7 Å². The van der Waals surface area contributed by atoms with E-state index in [0.717, 1.165) is 16.2 Å². The van der Waals surface area contributed by atoms with E-state index in [4.69, 9.17) is 9.47 Å². The van der Waals surface area contributed by atoms with Gasteiger partial charge in [0.2, 0.25) is 0 Å². The Balaban J connectivity index is 1.32. The van der Waals surface area contributed by atoms with Crippen LogP contribution in [0.4, 0.5) is 4.79 Å². The Hall–Kier alpha value is -5.05. The lowest BCUT2D eigenvalue weighted by Crippen LogP contribution is -2.47. The third kappa shape index (κ3) is 3.86. The molecule has 1 aliphatic rings. The SMILES string of the molecule is COc1ccc2cn(C[C@@]3(c4ccc(Oc5ccc6cnccc6c5)cc4)NC(=O)NC3=O)c(O)c2c1. The third-order valence-electron chi connectivity index (χ3n) is 6.61. The van der Waals surface area contributed by atoms with Crippen molar-refractivity contribution in [3.63, 3.8) is 0 Å². The van der Waals surface area contributed by atoms with Gasteiger partial charge in [0.25, 0.3) is 5.91 Å². The molecule has 1 aliphatic heterocycles. The highest BCUT2D eigenvalue weighted by atomic mass is 16.5. The summed E-state index contributed by atoms with van der Waals surface area (Å²) >= 11 is 0. The number of methoxy groups -OCH3 is 1. The summed E-state index contributed by atoms with van der Waals surface area (Å²) < 4.78 is 12.8. The van der Waals surface area contributed by atoms with Gasteiger partial charge in [-0.15, -0.1) is 0 Å². The fraction of sp³-hybridized carbons (Fsp3) is 0.107. The summed E-state index contributed by atoms with van der Waals surface area (Å²) in [6.45, 7) is -0.0215. The Bertz CT molecular complexity index is 1680. The molecule has 3 aromatic carbocycles. The Labute approximate surface area is 211 Å². The number of aromatic nitrogens is 2. The van der Waals surface area contributed by atoms with E-state index in [0.29, 0.717) is 28.2 Å². The molecule has 0 radical (unpaired) electrons. The van der Waals surface area contributed by atoms with Crippen LogP contribution in [0.2, 0.25) is 0 Å². The third-order valence-corrected chi connectivity index (χ3v) is 6.61. The van der Waals surface area contributed by atoms with E-state index >= 15 is 0 Å². The second-order valence-corrected chi connectivity index (χ2v) is 8.86. The second-order valence-electron chi connectivity index (χ2n) is 8.86. The number of carbonyl (C=O) groups excluding carboxylic acids is 2. The van der Waals surface area contributed by atoms with Gasteiger partial charge in [0.05, 0.1) is 13.7 Å². The van der Waals surface area contributed by atoms with Crippen LogP contribution in [0.1, 0.15) is 5.56 Å². The number of pyridine rings is 1. The molecule has 2 aromatic heterocycles. The van der Waals surface area contributed by atoms with Crippen LogP contribution in [-0.4, -0.2) is 33.7 Å². The van der Waals surface area contributed by atoms with Crippen LogP contribution >= 0.6 is 0 Å². The van der Waals surface area contributed by atoms with Crippen molar-refractivity contribution in [2.45, 2.75) is 12.1 Å². The van der Waals surface area contributed by atoms with Crippen LogP contribution in [-0.2, 0) is 16.9 Å². The average molecular weight is 495 g/mol. The molecule has 0 spiro atoms. The highest BCUT2D eigenvalue weighted by Gasteiger charge is 2.48. The van der Waals surface area contributed by atoms with Crippen molar-refractivity contribution in [3.05, 3.63) is 90.9 Å². The molecule has 184 valence electrons. The molecule has 3 N–H and O–H groups in total. The summed E-state index contributed by atoms with van der Waals surface area (Å²) in [5.74, 6) is 1.28. The molecular weight excluding hydrogens is 472 g/mol. The van der Waals surface area contributed by atoms with Crippen molar-refractivity contribution in [2.75, 3.05) is 7.11 Å². The van der Waals surface area contributed by atoms with Gasteiger partial charge >= 0.3 is 6.03 Å². The zero-order valence-corrected chi connectivity index (χ0v) is 19.8. The van der Waals surface area contributed by atoms with Crippen LogP contribution in [0.3, 0.4) is 0 Å². The molecular formula is C28H22N4O5. The molecule has 1 saturated heterocycles. The van der Waals surface area contributed by atoms with E-state index in [2.05, 4.69) is 15.6 Å². The lowest BCUT2D eigenvalue weighted by atomic mass is 9.89. The van der Waals surface area contributed by atoms with Crippen molar-refractivity contribution >= 4 is 33.5 Å². The molecule has 1 fully saturated rings. The van der Waals surface area contributed by atoms with Crippen molar-refractivity contribution < 1.29 is 24.2 Å². The van der Waals surface area contributed by atoms with Crippen molar-refractivity contribution in [3.8, 4) is 23.1 Å². The Morgan fingerprint density at radius 2 is 1.68 bits per heavy atom. The van der Waals surface area contributed by atoms with Crippen LogP contribution < -0.4 is 20.1 Å². The molecule has 5 aromatic rings. The number of benzene rings is 3. The largest absolute Gasteiger partial charge is 0.497 e. The summed E-state index contributed by atoms with van der Waals surface area (Å²) in [7, 11) is 1.55. The summed E-state index contributed by atoms with van der Waals surface area (Å²) in [5.41, 5.74) is -0.884. The van der Waals surface area contributed by atoms with Gasteiger partial charge in [0, 0.05) is 34.7 Å². The average Bonchev–Trinajstić information content (AvgIpc) is 3.38. The van der Waals surface area contributed by atoms with Crippen LogP contribution in [0.5, 0.6) is 23.1 Å². The maximum absolute atomic E-state index is 13.1. The molecule has 1 atom stereocenters. The van der Waals surface area contributed by atoms with Crippen LogP contribution in [0.15, 0.2) is 85.3 Å². The van der Waals surface area contributed by atoms with Gasteiger partial charge in [-0.2, -0.15) is 0 Å². The predicted octanol–water partition coefficient (Wildman–Crippen LogP) is 4.43.